The van der Waals surface area contributed by atoms with Gasteiger partial charge in [0, 0.05) is 18.7 Å². The van der Waals surface area contributed by atoms with Gasteiger partial charge >= 0.3 is 0 Å². The predicted octanol–water partition coefficient (Wildman–Crippen LogP) is -0.243. The van der Waals surface area contributed by atoms with Crippen LogP contribution in [0, 0.1) is 0 Å². The fourth-order valence-corrected chi connectivity index (χ4v) is 0.688. The topological polar surface area (TPSA) is 66.0 Å². The van der Waals surface area contributed by atoms with Crippen LogP contribution < -0.4 is 0 Å². The molecule has 0 atom stereocenters. The van der Waals surface area contributed by atoms with E-state index in [1.807, 2.05) is 0 Å². The second-order valence-electron chi connectivity index (χ2n) is 1.91. The molecular weight excluding hydrogens is 132 g/mol. The van der Waals surface area contributed by atoms with Gasteiger partial charge in [0.25, 0.3) is 0 Å². The molecule has 0 saturated carbocycles. The first kappa shape index (κ1) is 6.95. The number of hydrogen-bond acceptors (Lipinski definition) is 3. The summed E-state index contributed by atoms with van der Waals surface area (Å²) in [5.41, 5.74) is 1.16. The molecule has 10 heavy (non-hydrogen) atoms. The number of nitrogens with one attached hydrogen (secondary N) is 1. The normalized spacial score (nSPS) is 9.70. The first-order valence-corrected chi connectivity index (χ1v) is 2.97. The highest BCUT2D eigenvalue weighted by Crippen LogP contribution is 1.96. The average molecular weight is 140 g/mol. The third-order valence-electron chi connectivity index (χ3n) is 1.15. The first-order valence-electron chi connectivity index (χ1n) is 2.97. The number of carbonyl (C=O) groups is 1. The molecule has 0 aromatic carbocycles. The molecule has 0 saturated heterocycles. The van der Waals surface area contributed by atoms with Crippen molar-refractivity contribution in [2.45, 2.75) is 6.42 Å². The molecule has 1 aromatic heterocycles. The fraction of sp³-hybridized carbons (Fsp3) is 0.333. The third-order valence-corrected chi connectivity index (χ3v) is 1.15. The average Bonchev–Trinajstić information content (AvgIpc) is 2.37. The van der Waals surface area contributed by atoms with E-state index in [9.17, 15) is 4.79 Å². The fourth-order valence-electron chi connectivity index (χ4n) is 0.688. The minimum absolute atomic E-state index is 0.0699. The molecule has 0 bridgehead atoms. The molecule has 54 valence electrons. The van der Waals surface area contributed by atoms with E-state index in [-0.39, 0.29) is 6.61 Å². The van der Waals surface area contributed by atoms with E-state index in [1.165, 1.54) is 0 Å². The van der Waals surface area contributed by atoms with Crippen molar-refractivity contribution >= 4 is 6.29 Å². The summed E-state index contributed by atoms with van der Waals surface area (Å²) in [5, 5.41) is 14.7. The highest BCUT2D eigenvalue weighted by molar-refractivity contribution is 5.71. The highest BCUT2D eigenvalue weighted by atomic mass is 16.3. The van der Waals surface area contributed by atoms with Crippen molar-refractivity contribution in [2.75, 3.05) is 6.61 Å². The van der Waals surface area contributed by atoms with Crippen LogP contribution >= 0.6 is 0 Å². The van der Waals surface area contributed by atoms with Gasteiger partial charge in [0.15, 0.2) is 6.29 Å². The van der Waals surface area contributed by atoms with E-state index in [4.69, 9.17) is 5.11 Å². The molecule has 0 radical (unpaired) electrons. The molecule has 4 heteroatoms. The number of aliphatic hydroxyl groups is 1. The Balaban J connectivity index is 2.68. The summed E-state index contributed by atoms with van der Waals surface area (Å²) in [4.78, 5) is 10.1. The largest absolute Gasteiger partial charge is 0.396 e. The van der Waals surface area contributed by atoms with Crippen molar-refractivity contribution in [3.05, 3.63) is 17.5 Å². The summed E-state index contributed by atoms with van der Waals surface area (Å²) in [5.74, 6) is 0. The quantitative estimate of drug-likeness (QED) is 0.569. The van der Waals surface area contributed by atoms with Crippen molar-refractivity contribution in [1.29, 1.82) is 0 Å². The molecule has 0 aliphatic carbocycles. The number of carbonyl (C=O) groups excluding carboxylic acids is 1. The molecule has 0 fully saturated rings. The number of aromatic nitrogens is 2. The van der Waals surface area contributed by atoms with Crippen LogP contribution in [0.25, 0.3) is 0 Å². The Kier molecular flexibility index (Phi) is 2.17. The summed E-state index contributed by atoms with van der Waals surface area (Å²) in [6, 6.07) is 1.61. The number of nitrogens with zero attached hydrogens (tertiary/aromatic N) is 1. The number of aliphatic hydroxyl groups excluding tert-OH is 1. The zero-order chi connectivity index (χ0) is 7.40. The maximum atomic E-state index is 10.1. The van der Waals surface area contributed by atoms with Crippen LogP contribution in [0.4, 0.5) is 0 Å². The Hall–Kier alpha value is -1.16. The summed E-state index contributed by atoms with van der Waals surface area (Å²) in [6.07, 6.45) is 1.18. The van der Waals surface area contributed by atoms with Gasteiger partial charge in [-0.05, 0) is 6.07 Å². The minimum Gasteiger partial charge on any atom is -0.396 e. The SMILES string of the molecule is O=Cc1cc(CCO)[nH]n1. The number of rotatable bonds is 3. The van der Waals surface area contributed by atoms with Gasteiger partial charge in [0.2, 0.25) is 0 Å². The number of H-pyrrole nitrogens is 1. The van der Waals surface area contributed by atoms with Gasteiger partial charge in [-0.2, -0.15) is 5.10 Å². The number of aromatic amines is 1. The maximum Gasteiger partial charge on any atom is 0.170 e. The van der Waals surface area contributed by atoms with Crippen molar-refractivity contribution in [1.82, 2.24) is 10.2 Å². The van der Waals surface area contributed by atoms with Crippen molar-refractivity contribution in [3.63, 3.8) is 0 Å². The van der Waals surface area contributed by atoms with Crippen LogP contribution in [0.2, 0.25) is 0 Å². The molecular formula is C6H8N2O2. The predicted molar refractivity (Wildman–Crippen MR) is 34.8 cm³/mol. The Morgan fingerprint density at radius 1 is 1.80 bits per heavy atom. The molecule has 4 nitrogen and oxygen atoms in total. The van der Waals surface area contributed by atoms with Gasteiger partial charge in [0.05, 0.1) is 0 Å². The summed E-state index contributed by atoms with van der Waals surface area (Å²) < 4.78 is 0. The Bertz CT molecular complexity index is 219. The van der Waals surface area contributed by atoms with Crippen molar-refractivity contribution in [3.8, 4) is 0 Å². The molecule has 0 unspecified atom stereocenters. The van der Waals surface area contributed by atoms with Crippen LogP contribution in [0.3, 0.4) is 0 Å². The number of aldehydes is 1. The van der Waals surface area contributed by atoms with E-state index in [0.29, 0.717) is 18.4 Å². The van der Waals surface area contributed by atoms with Crippen molar-refractivity contribution in [2.24, 2.45) is 0 Å². The third kappa shape index (κ3) is 1.41. The van der Waals surface area contributed by atoms with E-state index in [1.54, 1.807) is 6.07 Å². The van der Waals surface area contributed by atoms with Gasteiger partial charge in [0.1, 0.15) is 5.69 Å². The van der Waals surface area contributed by atoms with Crippen molar-refractivity contribution < 1.29 is 9.90 Å². The monoisotopic (exact) mass is 140 g/mol. The van der Waals surface area contributed by atoms with Crippen LogP contribution in [0.1, 0.15) is 16.2 Å². The second kappa shape index (κ2) is 3.12. The smallest absolute Gasteiger partial charge is 0.170 e. The van der Waals surface area contributed by atoms with Crippen LogP contribution in [-0.4, -0.2) is 28.2 Å². The van der Waals surface area contributed by atoms with Crippen LogP contribution in [0.15, 0.2) is 6.07 Å². The molecule has 2 N–H and O–H groups in total. The van der Waals surface area contributed by atoms with E-state index in [0.717, 1.165) is 5.69 Å². The van der Waals surface area contributed by atoms with Crippen LogP contribution in [-0.2, 0) is 6.42 Å². The Morgan fingerprint density at radius 3 is 3.10 bits per heavy atom. The molecule has 0 amide bonds. The molecule has 1 rings (SSSR count). The van der Waals surface area contributed by atoms with Gasteiger partial charge < -0.3 is 5.11 Å². The molecule has 0 aliphatic heterocycles. The second-order valence-corrected chi connectivity index (χ2v) is 1.91. The van der Waals surface area contributed by atoms with Gasteiger partial charge in [-0.1, -0.05) is 0 Å². The Labute approximate surface area is 57.9 Å². The molecule has 1 heterocycles. The zero-order valence-electron chi connectivity index (χ0n) is 5.37. The van der Waals surface area contributed by atoms with Crippen LogP contribution in [0.5, 0.6) is 0 Å². The van der Waals surface area contributed by atoms with Gasteiger partial charge in [-0.3, -0.25) is 9.89 Å². The summed E-state index contributed by atoms with van der Waals surface area (Å²) >= 11 is 0. The summed E-state index contributed by atoms with van der Waals surface area (Å²) in [6.45, 7) is 0.0699. The van der Waals surface area contributed by atoms with E-state index >= 15 is 0 Å². The standard InChI is InChI=1S/C6H8N2O2/c9-2-1-5-3-6(4-10)8-7-5/h3-4,9H,1-2H2,(H,7,8). The van der Waals surface area contributed by atoms with Gasteiger partial charge in [-0.15, -0.1) is 0 Å². The highest BCUT2D eigenvalue weighted by Gasteiger charge is 1.96. The maximum absolute atomic E-state index is 10.1. The summed E-state index contributed by atoms with van der Waals surface area (Å²) in [7, 11) is 0. The molecule has 0 aliphatic rings. The van der Waals surface area contributed by atoms with E-state index < -0.39 is 0 Å². The lowest BCUT2D eigenvalue weighted by Gasteiger charge is -1.86. The Morgan fingerprint density at radius 2 is 2.60 bits per heavy atom. The number of hydrogen-bond donors (Lipinski definition) is 2. The lowest BCUT2D eigenvalue weighted by molar-refractivity contribution is 0.111. The minimum atomic E-state index is 0.0699. The lowest BCUT2D eigenvalue weighted by atomic mass is 10.3. The zero-order valence-corrected chi connectivity index (χ0v) is 5.37. The van der Waals surface area contributed by atoms with E-state index in [2.05, 4.69) is 10.2 Å². The first-order chi connectivity index (χ1) is 4.86. The van der Waals surface area contributed by atoms with Gasteiger partial charge in [-0.25, -0.2) is 0 Å². The molecule has 0 spiro atoms. The lowest BCUT2D eigenvalue weighted by Crippen LogP contribution is -1.89. The molecule has 1 aromatic rings.